The van der Waals surface area contributed by atoms with Crippen molar-refractivity contribution in [2.45, 2.75) is 40.2 Å². The normalized spacial score (nSPS) is 17.2. The molecule has 0 bridgehead atoms. The summed E-state index contributed by atoms with van der Waals surface area (Å²) in [4.78, 5) is 28.3. The number of hydrogen-bond donors (Lipinski definition) is 2. The number of urea groups is 1. The highest BCUT2D eigenvalue weighted by Gasteiger charge is 2.31. The van der Waals surface area contributed by atoms with Gasteiger partial charge in [0.15, 0.2) is 0 Å². The summed E-state index contributed by atoms with van der Waals surface area (Å²) in [7, 11) is 0. The molecule has 1 fully saturated rings. The number of rotatable bonds is 7. The van der Waals surface area contributed by atoms with E-state index in [-0.39, 0.29) is 18.0 Å². The van der Waals surface area contributed by atoms with Crippen molar-refractivity contribution in [1.29, 1.82) is 0 Å². The summed E-state index contributed by atoms with van der Waals surface area (Å²) in [6.07, 6.45) is 0.344. The largest absolute Gasteiger partial charge is 0.337 e. The average molecular weight is 346 g/mol. The topological polar surface area (TPSA) is 64.7 Å². The van der Waals surface area contributed by atoms with Gasteiger partial charge in [0, 0.05) is 31.7 Å². The van der Waals surface area contributed by atoms with Gasteiger partial charge >= 0.3 is 6.03 Å². The van der Waals surface area contributed by atoms with Crippen molar-refractivity contribution in [1.82, 2.24) is 15.5 Å². The number of amides is 3. The third-order valence-electron chi connectivity index (χ3n) is 4.87. The minimum atomic E-state index is -0.202. The molecule has 6 heteroatoms. The SMILES string of the molecule is CCN(CC)CCNC(=O)NC1CC(=O)N(c2ccc(C)c(C)c2)C1. The molecule has 3 amide bonds. The molecule has 1 atom stereocenters. The Morgan fingerprint density at radius 3 is 2.60 bits per heavy atom. The van der Waals surface area contributed by atoms with Crippen LogP contribution in [-0.2, 0) is 4.79 Å². The number of carbonyl (C=O) groups is 2. The lowest BCUT2D eigenvalue weighted by molar-refractivity contribution is -0.117. The Hall–Kier alpha value is -2.08. The van der Waals surface area contributed by atoms with Crippen LogP contribution in [0.1, 0.15) is 31.4 Å². The van der Waals surface area contributed by atoms with Crippen LogP contribution in [0.15, 0.2) is 18.2 Å². The van der Waals surface area contributed by atoms with E-state index in [1.54, 1.807) is 4.90 Å². The van der Waals surface area contributed by atoms with Gasteiger partial charge in [0.25, 0.3) is 0 Å². The van der Waals surface area contributed by atoms with Gasteiger partial charge in [-0.1, -0.05) is 19.9 Å². The van der Waals surface area contributed by atoms with Gasteiger partial charge in [0.1, 0.15) is 0 Å². The molecule has 138 valence electrons. The highest BCUT2D eigenvalue weighted by atomic mass is 16.2. The zero-order valence-electron chi connectivity index (χ0n) is 15.8. The molecule has 1 unspecified atom stereocenters. The van der Waals surface area contributed by atoms with Crippen LogP contribution in [-0.4, -0.2) is 55.6 Å². The molecule has 1 aromatic carbocycles. The van der Waals surface area contributed by atoms with E-state index in [9.17, 15) is 9.59 Å². The van der Waals surface area contributed by atoms with Gasteiger partial charge < -0.3 is 20.4 Å². The monoisotopic (exact) mass is 346 g/mol. The molecular formula is C19H30N4O2. The number of benzene rings is 1. The van der Waals surface area contributed by atoms with Crippen LogP contribution in [0.3, 0.4) is 0 Å². The molecule has 1 aromatic rings. The van der Waals surface area contributed by atoms with E-state index in [0.717, 1.165) is 30.9 Å². The van der Waals surface area contributed by atoms with Crippen LogP contribution in [0.2, 0.25) is 0 Å². The van der Waals surface area contributed by atoms with E-state index in [1.165, 1.54) is 5.56 Å². The molecule has 1 heterocycles. The highest BCUT2D eigenvalue weighted by Crippen LogP contribution is 2.24. The van der Waals surface area contributed by atoms with Gasteiger partial charge in [-0.2, -0.15) is 0 Å². The first-order chi connectivity index (χ1) is 11.9. The number of likely N-dealkylation sites (N-methyl/N-ethyl adjacent to an activating group) is 1. The molecule has 1 aliphatic rings. The maximum atomic E-state index is 12.3. The minimum absolute atomic E-state index is 0.0525. The van der Waals surface area contributed by atoms with Gasteiger partial charge in [-0.15, -0.1) is 0 Å². The Morgan fingerprint density at radius 1 is 1.24 bits per heavy atom. The first-order valence-corrected chi connectivity index (χ1v) is 9.08. The molecule has 25 heavy (non-hydrogen) atoms. The first-order valence-electron chi connectivity index (χ1n) is 9.08. The van der Waals surface area contributed by atoms with Gasteiger partial charge in [0.2, 0.25) is 5.91 Å². The molecule has 1 aliphatic heterocycles. The molecule has 0 saturated carbocycles. The van der Waals surface area contributed by atoms with Crippen molar-refractivity contribution >= 4 is 17.6 Å². The Bertz CT molecular complexity index is 613. The van der Waals surface area contributed by atoms with E-state index >= 15 is 0 Å². The number of carbonyl (C=O) groups excluding carboxylic acids is 2. The predicted molar refractivity (Wildman–Crippen MR) is 101 cm³/mol. The average Bonchev–Trinajstić information content (AvgIpc) is 2.94. The van der Waals surface area contributed by atoms with Gasteiger partial charge in [-0.3, -0.25) is 4.79 Å². The quantitative estimate of drug-likeness (QED) is 0.794. The van der Waals surface area contributed by atoms with Crippen molar-refractivity contribution in [2.75, 3.05) is 37.6 Å². The smallest absolute Gasteiger partial charge is 0.315 e. The Kier molecular flexibility index (Phi) is 6.82. The van der Waals surface area contributed by atoms with Crippen LogP contribution in [0, 0.1) is 13.8 Å². The Morgan fingerprint density at radius 2 is 1.96 bits per heavy atom. The molecular weight excluding hydrogens is 316 g/mol. The second kappa shape index (κ2) is 8.85. The van der Waals surface area contributed by atoms with Crippen LogP contribution < -0.4 is 15.5 Å². The zero-order chi connectivity index (χ0) is 18.4. The van der Waals surface area contributed by atoms with Crippen molar-refractivity contribution in [3.8, 4) is 0 Å². The molecule has 1 saturated heterocycles. The maximum Gasteiger partial charge on any atom is 0.315 e. The summed E-state index contributed by atoms with van der Waals surface area (Å²) in [5.74, 6) is 0.0525. The second-order valence-corrected chi connectivity index (χ2v) is 6.60. The van der Waals surface area contributed by atoms with E-state index in [1.807, 2.05) is 25.1 Å². The third kappa shape index (κ3) is 5.19. The molecule has 6 nitrogen and oxygen atoms in total. The molecule has 0 aliphatic carbocycles. The summed E-state index contributed by atoms with van der Waals surface area (Å²) in [5.41, 5.74) is 3.27. The van der Waals surface area contributed by atoms with E-state index in [4.69, 9.17) is 0 Å². The minimum Gasteiger partial charge on any atom is -0.337 e. The number of hydrogen-bond acceptors (Lipinski definition) is 3. The van der Waals surface area contributed by atoms with Crippen LogP contribution >= 0.6 is 0 Å². The summed E-state index contributed by atoms with van der Waals surface area (Å²) in [5, 5.41) is 5.79. The van der Waals surface area contributed by atoms with E-state index in [0.29, 0.717) is 19.5 Å². The van der Waals surface area contributed by atoms with Crippen LogP contribution in [0.5, 0.6) is 0 Å². The van der Waals surface area contributed by atoms with Crippen molar-refractivity contribution < 1.29 is 9.59 Å². The third-order valence-corrected chi connectivity index (χ3v) is 4.87. The van der Waals surface area contributed by atoms with Crippen LogP contribution in [0.25, 0.3) is 0 Å². The lowest BCUT2D eigenvalue weighted by Crippen LogP contribution is -2.45. The number of aryl methyl sites for hydroxylation is 2. The fraction of sp³-hybridized carbons (Fsp3) is 0.579. The van der Waals surface area contributed by atoms with Crippen molar-refractivity contribution in [3.63, 3.8) is 0 Å². The lowest BCUT2D eigenvalue weighted by atomic mass is 10.1. The Balaban J connectivity index is 1.83. The van der Waals surface area contributed by atoms with Crippen molar-refractivity contribution in [3.05, 3.63) is 29.3 Å². The van der Waals surface area contributed by atoms with E-state index < -0.39 is 0 Å². The summed E-state index contributed by atoms with van der Waals surface area (Å²) < 4.78 is 0. The number of nitrogens with one attached hydrogen (secondary N) is 2. The standard InChI is InChI=1S/C19H30N4O2/c1-5-22(6-2)10-9-20-19(25)21-16-12-18(24)23(13-16)17-8-7-14(3)15(4)11-17/h7-8,11,16H,5-6,9-10,12-13H2,1-4H3,(H2,20,21,25). The van der Waals surface area contributed by atoms with Crippen LogP contribution in [0.4, 0.5) is 10.5 Å². The van der Waals surface area contributed by atoms with Gasteiger partial charge in [-0.05, 0) is 50.2 Å². The first kappa shape index (κ1) is 19.2. The fourth-order valence-electron chi connectivity index (χ4n) is 3.05. The molecule has 2 N–H and O–H groups in total. The summed E-state index contributed by atoms with van der Waals surface area (Å²) in [6.45, 7) is 12.2. The lowest BCUT2D eigenvalue weighted by Gasteiger charge is -2.20. The fourth-order valence-corrected chi connectivity index (χ4v) is 3.05. The summed E-state index contributed by atoms with van der Waals surface area (Å²) >= 11 is 0. The Labute approximate surface area is 150 Å². The predicted octanol–water partition coefficient (Wildman–Crippen LogP) is 2.05. The number of nitrogens with zero attached hydrogens (tertiary/aromatic N) is 2. The van der Waals surface area contributed by atoms with Gasteiger partial charge in [-0.25, -0.2) is 4.79 Å². The van der Waals surface area contributed by atoms with E-state index in [2.05, 4.69) is 36.3 Å². The molecule has 0 aromatic heterocycles. The highest BCUT2D eigenvalue weighted by molar-refractivity contribution is 5.96. The zero-order valence-corrected chi connectivity index (χ0v) is 15.8. The van der Waals surface area contributed by atoms with Crippen molar-refractivity contribution in [2.24, 2.45) is 0 Å². The summed E-state index contributed by atoms with van der Waals surface area (Å²) in [6, 6.07) is 5.67. The second-order valence-electron chi connectivity index (χ2n) is 6.60. The molecule has 0 spiro atoms. The maximum absolute atomic E-state index is 12.3. The van der Waals surface area contributed by atoms with Gasteiger partial charge in [0.05, 0.1) is 6.04 Å². The molecule has 0 radical (unpaired) electrons. The molecule has 2 rings (SSSR count). The number of anilines is 1.